The first-order valence-corrected chi connectivity index (χ1v) is 7.47. The number of hydrogen-bond donors (Lipinski definition) is 1. The zero-order valence-electron chi connectivity index (χ0n) is 11.9. The van der Waals surface area contributed by atoms with E-state index < -0.39 is 0 Å². The van der Waals surface area contributed by atoms with Crippen LogP contribution in [0.2, 0.25) is 10.0 Å². The number of aromatic nitrogens is 3. The van der Waals surface area contributed by atoms with Gasteiger partial charge in [0.05, 0.1) is 16.7 Å². The van der Waals surface area contributed by atoms with Gasteiger partial charge >= 0.3 is 6.01 Å². The summed E-state index contributed by atoms with van der Waals surface area (Å²) >= 11 is 12.0. The number of nitrogens with one attached hydrogen (secondary N) is 1. The largest absolute Gasteiger partial charge is 0.463 e. The molecule has 0 aliphatic heterocycles. The molecule has 0 aliphatic carbocycles. The highest BCUT2D eigenvalue weighted by atomic mass is 35.5. The molecule has 0 atom stereocenters. The maximum Gasteiger partial charge on any atom is 0.321 e. The van der Waals surface area contributed by atoms with Gasteiger partial charge in [-0.25, -0.2) is 0 Å². The summed E-state index contributed by atoms with van der Waals surface area (Å²) in [6.45, 7) is 5.25. The fourth-order valence-electron chi connectivity index (χ4n) is 1.62. The lowest BCUT2D eigenvalue weighted by molar-refractivity contribution is 0.292. The van der Waals surface area contributed by atoms with Crippen LogP contribution in [0.3, 0.4) is 0 Å². The first kappa shape index (κ1) is 15.8. The molecule has 1 heterocycles. The van der Waals surface area contributed by atoms with Crippen molar-refractivity contribution in [3.63, 3.8) is 0 Å². The average Bonchev–Trinajstić information content (AvgIpc) is 2.48. The first-order chi connectivity index (χ1) is 10.1. The molecule has 1 aromatic carbocycles. The van der Waals surface area contributed by atoms with Crippen LogP contribution in [0.4, 0.5) is 5.95 Å². The molecular weight excluding hydrogens is 311 g/mol. The highest BCUT2D eigenvalue weighted by molar-refractivity contribution is 6.42. The molecule has 2 rings (SSSR count). The van der Waals surface area contributed by atoms with Crippen LogP contribution in [0.1, 0.15) is 20.3 Å². The Morgan fingerprint density at radius 2 is 1.90 bits per heavy atom. The van der Waals surface area contributed by atoms with E-state index in [1.165, 1.54) is 0 Å². The van der Waals surface area contributed by atoms with Crippen molar-refractivity contribution in [1.29, 1.82) is 0 Å². The van der Waals surface area contributed by atoms with Crippen molar-refractivity contribution < 1.29 is 4.74 Å². The molecular formula is C14H16Cl2N4O. The molecule has 0 unspecified atom stereocenters. The summed E-state index contributed by atoms with van der Waals surface area (Å²) in [7, 11) is 0. The number of benzene rings is 1. The zero-order chi connectivity index (χ0) is 15.2. The van der Waals surface area contributed by atoms with Gasteiger partial charge in [-0.1, -0.05) is 30.1 Å². The van der Waals surface area contributed by atoms with E-state index in [0.717, 1.165) is 12.0 Å². The Kier molecular flexibility index (Phi) is 5.59. The minimum absolute atomic E-state index is 0.295. The van der Waals surface area contributed by atoms with Gasteiger partial charge in [-0.15, -0.1) is 0 Å². The highest BCUT2D eigenvalue weighted by Crippen LogP contribution is 2.27. The van der Waals surface area contributed by atoms with Crippen LogP contribution in [-0.4, -0.2) is 28.1 Å². The van der Waals surface area contributed by atoms with E-state index in [2.05, 4.69) is 20.3 Å². The Morgan fingerprint density at radius 3 is 2.57 bits per heavy atom. The van der Waals surface area contributed by atoms with Crippen LogP contribution >= 0.6 is 23.2 Å². The molecule has 0 bridgehead atoms. The summed E-state index contributed by atoms with van der Waals surface area (Å²) in [5, 5.41) is 4.00. The lowest BCUT2D eigenvalue weighted by Crippen LogP contribution is -2.08. The molecule has 21 heavy (non-hydrogen) atoms. The van der Waals surface area contributed by atoms with Crippen LogP contribution in [-0.2, 0) is 0 Å². The van der Waals surface area contributed by atoms with Crippen molar-refractivity contribution in [3.8, 4) is 17.4 Å². The SMILES string of the molecule is CCCOc1nc(NCC)nc(-c2ccc(Cl)c(Cl)c2)n1. The maximum atomic E-state index is 6.04. The lowest BCUT2D eigenvalue weighted by atomic mass is 10.2. The Labute approximate surface area is 133 Å². The Morgan fingerprint density at radius 1 is 1.10 bits per heavy atom. The minimum Gasteiger partial charge on any atom is -0.463 e. The summed E-state index contributed by atoms with van der Waals surface area (Å²) in [6.07, 6.45) is 0.879. The van der Waals surface area contributed by atoms with Gasteiger partial charge in [-0.2, -0.15) is 15.0 Å². The molecule has 0 saturated heterocycles. The van der Waals surface area contributed by atoms with Crippen molar-refractivity contribution >= 4 is 29.2 Å². The Balaban J connectivity index is 2.40. The third kappa shape index (κ3) is 4.19. The second-order valence-electron chi connectivity index (χ2n) is 4.27. The van der Waals surface area contributed by atoms with Crippen LogP contribution in [0.15, 0.2) is 18.2 Å². The molecule has 0 saturated carbocycles. The smallest absolute Gasteiger partial charge is 0.321 e. The van der Waals surface area contributed by atoms with Gasteiger partial charge in [0, 0.05) is 12.1 Å². The molecule has 1 aromatic heterocycles. The third-order valence-electron chi connectivity index (χ3n) is 2.56. The molecule has 0 fully saturated rings. The predicted molar refractivity (Wildman–Crippen MR) is 85.2 cm³/mol. The van der Waals surface area contributed by atoms with Crippen molar-refractivity contribution in [2.24, 2.45) is 0 Å². The van der Waals surface area contributed by atoms with E-state index >= 15 is 0 Å². The minimum atomic E-state index is 0.295. The summed E-state index contributed by atoms with van der Waals surface area (Å²) in [5.74, 6) is 0.963. The average molecular weight is 327 g/mol. The van der Waals surface area contributed by atoms with Gasteiger partial charge in [-0.3, -0.25) is 0 Å². The van der Waals surface area contributed by atoms with Gasteiger partial charge in [0.2, 0.25) is 5.95 Å². The van der Waals surface area contributed by atoms with E-state index in [9.17, 15) is 0 Å². The quantitative estimate of drug-likeness (QED) is 0.867. The lowest BCUT2D eigenvalue weighted by Gasteiger charge is -2.09. The van der Waals surface area contributed by atoms with Gasteiger partial charge in [0.1, 0.15) is 0 Å². The van der Waals surface area contributed by atoms with Crippen LogP contribution in [0.5, 0.6) is 6.01 Å². The van der Waals surface area contributed by atoms with E-state index in [-0.39, 0.29) is 0 Å². The topological polar surface area (TPSA) is 59.9 Å². The van der Waals surface area contributed by atoms with Gasteiger partial charge in [0.15, 0.2) is 5.82 Å². The van der Waals surface area contributed by atoms with E-state index in [1.54, 1.807) is 12.1 Å². The molecule has 1 N–H and O–H groups in total. The number of ether oxygens (including phenoxy) is 1. The van der Waals surface area contributed by atoms with Crippen molar-refractivity contribution in [2.45, 2.75) is 20.3 Å². The van der Waals surface area contributed by atoms with Crippen LogP contribution in [0.25, 0.3) is 11.4 Å². The fourth-order valence-corrected chi connectivity index (χ4v) is 1.91. The first-order valence-electron chi connectivity index (χ1n) is 6.72. The maximum absolute atomic E-state index is 6.04. The van der Waals surface area contributed by atoms with Gasteiger partial charge in [-0.05, 0) is 31.5 Å². The Bertz CT molecular complexity index is 622. The molecule has 112 valence electrons. The number of halogens is 2. The number of hydrogen-bond acceptors (Lipinski definition) is 5. The number of rotatable bonds is 6. The molecule has 0 radical (unpaired) electrons. The van der Waals surface area contributed by atoms with Crippen LogP contribution in [0, 0.1) is 0 Å². The number of anilines is 1. The van der Waals surface area contributed by atoms with Crippen molar-refractivity contribution in [3.05, 3.63) is 28.2 Å². The van der Waals surface area contributed by atoms with Crippen LogP contribution < -0.4 is 10.1 Å². The third-order valence-corrected chi connectivity index (χ3v) is 3.30. The second kappa shape index (κ2) is 7.43. The molecule has 0 amide bonds. The fraction of sp³-hybridized carbons (Fsp3) is 0.357. The summed E-state index contributed by atoms with van der Waals surface area (Å²) in [4.78, 5) is 12.9. The van der Waals surface area contributed by atoms with Gasteiger partial charge in [0.25, 0.3) is 0 Å². The second-order valence-corrected chi connectivity index (χ2v) is 5.09. The zero-order valence-corrected chi connectivity index (χ0v) is 13.4. The Hall–Kier alpha value is -1.59. The van der Waals surface area contributed by atoms with E-state index in [0.29, 0.717) is 41.0 Å². The number of nitrogens with zero attached hydrogens (tertiary/aromatic N) is 3. The predicted octanol–water partition coefficient (Wildman–Crippen LogP) is 4.07. The molecule has 7 heteroatoms. The standard InChI is InChI=1S/C14H16Cl2N4O/c1-3-7-21-14-19-12(18-13(20-14)17-4-2)9-5-6-10(15)11(16)8-9/h5-6,8H,3-4,7H2,1-2H3,(H,17,18,19,20). The highest BCUT2D eigenvalue weighted by Gasteiger charge is 2.10. The van der Waals surface area contributed by atoms with E-state index in [1.807, 2.05) is 19.9 Å². The summed E-state index contributed by atoms with van der Waals surface area (Å²) in [5.41, 5.74) is 0.757. The van der Waals surface area contributed by atoms with Crippen molar-refractivity contribution in [1.82, 2.24) is 15.0 Å². The molecule has 0 aliphatic rings. The molecule has 0 spiro atoms. The van der Waals surface area contributed by atoms with Gasteiger partial charge < -0.3 is 10.1 Å². The summed E-state index contributed by atoms with van der Waals surface area (Å²) in [6, 6.07) is 5.54. The normalized spacial score (nSPS) is 10.5. The van der Waals surface area contributed by atoms with E-state index in [4.69, 9.17) is 27.9 Å². The summed E-state index contributed by atoms with van der Waals surface area (Å²) < 4.78 is 5.50. The molecule has 5 nitrogen and oxygen atoms in total. The van der Waals surface area contributed by atoms with Crippen molar-refractivity contribution in [2.75, 3.05) is 18.5 Å². The monoisotopic (exact) mass is 326 g/mol. The molecule has 2 aromatic rings.